The van der Waals surface area contributed by atoms with Crippen molar-refractivity contribution in [2.75, 3.05) is 11.1 Å². The quantitative estimate of drug-likeness (QED) is 0.627. The highest BCUT2D eigenvalue weighted by atomic mass is 16.1. The van der Waals surface area contributed by atoms with Gasteiger partial charge in [-0.3, -0.25) is 4.79 Å². The number of nitrogens with two attached hydrogens (primary N) is 1. The average Bonchev–Trinajstić information content (AvgIpc) is 2.07. The number of nitriles is 1. The highest BCUT2D eigenvalue weighted by Gasteiger charge is 2.00. The summed E-state index contributed by atoms with van der Waals surface area (Å²) in [5.41, 5.74) is 6.86. The molecule has 1 rings (SSSR count). The van der Waals surface area contributed by atoms with Gasteiger partial charge >= 0.3 is 0 Å². The Balaban J connectivity index is 3.01. The molecule has 4 heteroatoms. The van der Waals surface area contributed by atoms with Gasteiger partial charge in [0.15, 0.2) is 0 Å². The summed E-state index contributed by atoms with van der Waals surface area (Å²) in [6, 6.07) is 6.71. The zero-order valence-electron chi connectivity index (χ0n) is 7.16. The summed E-state index contributed by atoms with van der Waals surface area (Å²) in [6.07, 6.45) is 0. The SMILES string of the molecule is CC(=O)Nc1ccc(N)c(C#N)c1. The predicted octanol–water partition coefficient (Wildman–Crippen LogP) is 1.10. The number of nitrogens with one attached hydrogen (secondary N) is 1. The van der Waals surface area contributed by atoms with Gasteiger partial charge in [0.1, 0.15) is 6.07 Å². The van der Waals surface area contributed by atoms with Crippen molar-refractivity contribution >= 4 is 17.3 Å². The lowest BCUT2D eigenvalue weighted by Crippen LogP contribution is -2.06. The van der Waals surface area contributed by atoms with E-state index in [4.69, 9.17) is 11.0 Å². The molecule has 1 aromatic carbocycles. The number of hydrogen-bond acceptors (Lipinski definition) is 3. The third-order valence-electron chi connectivity index (χ3n) is 1.49. The van der Waals surface area contributed by atoms with Gasteiger partial charge in [-0.05, 0) is 18.2 Å². The second kappa shape index (κ2) is 3.59. The van der Waals surface area contributed by atoms with E-state index in [1.165, 1.54) is 13.0 Å². The van der Waals surface area contributed by atoms with Crippen molar-refractivity contribution < 1.29 is 4.79 Å². The first-order valence-electron chi connectivity index (χ1n) is 3.70. The van der Waals surface area contributed by atoms with Crippen LogP contribution in [0, 0.1) is 11.3 Å². The molecule has 0 spiro atoms. The maximum Gasteiger partial charge on any atom is 0.221 e. The van der Waals surface area contributed by atoms with E-state index >= 15 is 0 Å². The van der Waals surface area contributed by atoms with Gasteiger partial charge in [0.05, 0.1) is 5.56 Å². The van der Waals surface area contributed by atoms with Crippen molar-refractivity contribution in [2.24, 2.45) is 0 Å². The van der Waals surface area contributed by atoms with Crippen molar-refractivity contribution in [3.05, 3.63) is 23.8 Å². The number of rotatable bonds is 1. The summed E-state index contributed by atoms with van der Waals surface area (Å²) in [5, 5.41) is 11.2. The molecular weight excluding hydrogens is 166 g/mol. The number of nitrogen functional groups attached to an aromatic ring is 1. The van der Waals surface area contributed by atoms with Crippen molar-refractivity contribution in [1.82, 2.24) is 0 Å². The van der Waals surface area contributed by atoms with Crippen LogP contribution < -0.4 is 11.1 Å². The molecule has 1 aromatic rings. The topological polar surface area (TPSA) is 78.9 Å². The van der Waals surface area contributed by atoms with E-state index in [9.17, 15) is 4.79 Å². The van der Waals surface area contributed by atoms with Crippen LogP contribution in [0.1, 0.15) is 12.5 Å². The third kappa shape index (κ3) is 2.20. The Morgan fingerprint density at radius 1 is 1.62 bits per heavy atom. The van der Waals surface area contributed by atoms with Crippen LogP contribution in [0.2, 0.25) is 0 Å². The van der Waals surface area contributed by atoms with Crippen molar-refractivity contribution in [3.8, 4) is 6.07 Å². The second-order valence-electron chi connectivity index (χ2n) is 2.60. The fourth-order valence-corrected chi connectivity index (χ4v) is 0.934. The monoisotopic (exact) mass is 175 g/mol. The molecule has 4 nitrogen and oxygen atoms in total. The van der Waals surface area contributed by atoms with E-state index in [0.29, 0.717) is 16.9 Å². The summed E-state index contributed by atoms with van der Waals surface area (Å²) in [4.78, 5) is 10.7. The molecule has 3 N–H and O–H groups in total. The second-order valence-corrected chi connectivity index (χ2v) is 2.60. The fourth-order valence-electron chi connectivity index (χ4n) is 0.934. The molecule has 13 heavy (non-hydrogen) atoms. The first-order chi connectivity index (χ1) is 6.13. The van der Waals surface area contributed by atoms with Crippen LogP contribution in [0.3, 0.4) is 0 Å². The largest absolute Gasteiger partial charge is 0.398 e. The average molecular weight is 175 g/mol. The van der Waals surface area contributed by atoms with E-state index in [2.05, 4.69) is 5.32 Å². The van der Waals surface area contributed by atoms with Gasteiger partial charge in [-0.1, -0.05) is 0 Å². The molecule has 66 valence electrons. The Bertz CT molecular complexity index is 379. The van der Waals surface area contributed by atoms with Crippen LogP contribution in [0.25, 0.3) is 0 Å². The molecular formula is C9H9N3O. The van der Waals surface area contributed by atoms with Crippen LogP contribution in [-0.2, 0) is 4.79 Å². The Kier molecular flexibility index (Phi) is 2.50. The molecule has 1 amide bonds. The molecule has 0 aliphatic heterocycles. The molecule has 0 aliphatic rings. The van der Waals surface area contributed by atoms with Crippen LogP contribution in [0.4, 0.5) is 11.4 Å². The molecule has 0 saturated heterocycles. The van der Waals surface area contributed by atoms with Crippen LogP contribution in [0.5, 0.6) is 0 Å². The third-order valence-corrected chi connectivity index (χ3v) is 1.49. The van der Waals surface area contributed by atoms with Gasteiger partial charge in [-0.15, -0.1) is 0 Å². The molecule has 0 aliphatic carbocycles. The van der Waals surface area contributed by atoms with Gasteiger partial charge in [0.25, 0.3) is 0 Å². The van der Waals surface area contributed by atoms with E-state index in [1.807, 2.05) is 6.07 Å². The minimum absolute atomic E-state index is 0.173. The summed E-state index contributed by atoms with van der Waals surface area (Å²) < 4.78 is 0. The standard InChI is InChI=1S/C9H9N3O/c1-6(13)12-8-2-3-9(11)7(4-8)5-10/h2-4H,11H2,1H3,(H,12,13). The maximum atomic E-state index is 10.7. The zero-order valence-corrected chi connectivity index (χ0v) is 7.16. The van der Waals surface area contributed by atoms with Gasteiger partial charge in [0, 0.05) is 18.3 Å². The van der Waals surface area contributed by atoms with Crippen LogP contribution in [0.15, 0.2) is 18.2 Å². The van der Waals surface area contributed by atoms with Gasteiger partial charge < -0.3 is 11.1 Å². The molecule has 0 bridgehead atoms. The molecule has 0 radical (unpaired) electrons. The number of carbonyl (C=O) groups excluding carboxylic acids is 1. The van der Waals surface area contributed by atoms with Crippen LogP contribution >= 0.6 is 0 Å². The Morgan fingerprint density at radius 3 is 2.85 bits per heavy atom. The number of nitrogens with zero attached hydrogens (tertiary/aromatic N) is 1. The first kappa shape index (κ1) is 9.07. The molecule has 0 fully saturated rings. The summed E-state index contributed by atoms with van der Waals surface area (Å²) in [7, 11) is 0. The minimum Gasteiger partial charge on any atom is -0.398 e. The number of hydrogen-bond donors (Lipinski definition) is 2. The smallest absolute Gasteiger partial charge is 0.221 e. The lowest BCUT2D eigenvalue weighted by Gasteiger charge is -2.03. The van der Waals surface area contributed by atoms with Gasteiger partial charge in [-0.2, -0.15) is 5.26 Å². The zero-order chi connectivity index (χ0) is 9.84. The van der Waals surface area contributed by atoms with Gasteiger partial charge in [0.2, 0.25) is 5.91 Å². The number of amides is 1. The molecule has 0 atom stereocenters. The van der Waals surface area contributed by atoms with E-state index in [1.54, 1.807) is 12.1 Å². The maximum absolute atomic E-state index is 10.7. The minimum atomic E-state index is -0.173. The highest BCUT2D eigenvalue weighted by molar-refractivity contribution is 5.89. The summed E-state index contributed by atoms with van der Waals surface area (Å²) in [6.45, 7) is 1.41. The number of anilines is 2. The Morgan fingerprint density at radius 2 is 2.31 bits per heavy atom. The normalized spacial score (nSPS) is 8.92. The van der Waals surface area contributed by atoms with E-state index < -0.39 is 0 Å². The van der Waals surface area contributed by atoms with Crippen molar-refractivity contribution in [2.45, 2.75) is 6.92 Å². The fraction of sp³-hybridized carbons (Fsp3) is 0.111. The Labute approximate surface area is 76.0 Å². The summed E-state index contributed by atoms with van der Waals surface area (Å²) >= 11 is 0. The van der Waals surface area contributed by atoms with Crippen LogP contribution in [-0.4, -0.2) is 5.91 Å². The van der Waals surface area contributed by atoms with Gasteiger partial charge in [-0.25, -0.2) is 0 Å². The predicted molar refractivity (Wildman–Crippen MR) is 49.9 cm³/mol. The Hall–Kier alpha value is -2.02. The number of benzene rings is 1. The van der Waals surface area contributed by atoms with E-state index in [-0.39, 0.29) is 5.91 Å². The molecule has 0 heterocycles. The molecule has 0 unspecified atom stereocenters. The van der Waals surface area contributed by atoms with Crippen molar-refractivity contribution in [1.29, 1.82) is 5.26 Å². The highest BCUT2D eigenvalue weighted by Crippen LogP contribution is 2.16. The van der Waals surface area contributed by atoms with Crippen molar-refractivity contribution in [3.63, 3.8) is 0 Å². The lowest BCUT2D eigenvalue weighted by molar-refractivity contribution is -0.114. The summed E-state index contributed by atoms with van der Waals surface area (Å²) in [5.74, 6) is -0.173. The molecule has 0 aromatic heterocycles. The van der Waals surface area contributed by atoms with E-state index in [0.717, 1.165) is 0 Å². The lowest BCUT2D eigenvalue weighted by atomic mass is 10.2. The first-order valence-corrected chi connectivity index (χ1v) is 3.70. The number of carbonyl (C=O) groups is 1. The molecule has 0 saturated carbocycles.